The molecule has 0 N–H and O–H groups in total. The van der Waals surface area contributed by atoms with Crippen LogP contribution in [0.3, 0.4) is 0 Å². The van der Waals surface area contributed by atoms with E-state index < -0.39 is 5.97 Å². The molecule has 1 aliphatic rings. The molecule has 104 valence electrons. The van der Waals surface area contributed by atoms with Gasteiger partial charge in [0.05, 0.1) is 26.4 Å². The Hall–Kier alpha value is -1.69. The highest BCUT2D eigenvalue weighted by Crippen LogP contribution is 2.21. The number of ether oxygens (including phenoxy) is 2. The lowest BCUT2D eigenvalue weighted by Gasteiger charge is -2.18. The van der Waals surface area contributed by atoms with Crippen LogP contribution in [0.5, 0.6) is 0 Å². The monoisotopic (exact) mass is 266 g/mol. The summed E-state index contributed by atoms with van der Waals surface area (Å²) in [5, 5.41) is 0. The summed E-state index contributed by atoms with van der Waals surface area (Å²) in [7, 11) is 1.28. The Kier molecular flexibility index (Phi) is 3.71. The Morgan fingerprint density at radius 1 is 1.42 bits per heavy atom. The molecule has 2 rings (SSSR count). The van der Waals surface area contributed by atoms with Crippen LogP contribution in [-0.2, 0) is 9.47 Å². The van der Waals surface area contributed by atoms with Gasteiger partial charge in [0, 0.05) is 11.5 Å². The van der Waals surface area contributed by atoms with Gasteiger partial charge >= 0.3 is 5.97 Å². The molecule has 0 fully saturated rings. The van der Waals surface area contributed by atoms with Gasteiger partial charge in [-0.1, -0.05) is 6.92 Å². The minimum atomic E-state index is -0.581. The molecule has 0 saturated carbocycles. The summed E-state index contributed by atoms with van der Waals surface area (Å²) < 4.78 is 11.8. The van der Waals surface area contributed by atoms with E-state index in [2.05, 4.69) is 9.72 Å². The van der Waals surface area contributed by atoms with Crippen molar-refractivity contribution in [3.8, 4) is 0 Å². The van der Waals surface area contributed by atoms with E-state index in [9.17, 15) is 9.59 Å². The van der Waals surface area contributed by atoms with Crippen molar-refractivity contribution in [1.29, 1.82) is 0 Å². The first-order valence-corrected chi connectivity index (χ1v) is 6.26. The summed E-state index contributed by atoms with van der Waals surface area (Å²) in [6.45, 7) is 6.38. The predicted octanol–water partition coefficient (Wildman–Crippen LogP) is 1.03. The number of rotatable bonds is 1. The van der Waals surface area contributed by atoms with Crippen molar-refractivity contribution in [1.82, 2.24) is 9.55 Å². The van der Waals surface area contributed by atoms with Crippen molar-refractivity contribution in [3.63, 3.8) is 0 Å². The van der Waals surface area contributed by atoms with Gasteiger partial charge < -0.3 is 9.47 Å². The first kappa shape index (κ1) is 13.7. The van der Waals surface area contributed by atoms with E-state index in [1.165, 1.54) is 7.11 Å². The summed E-state index contributed by atoms with van der Waals surface area (Å²) >= 11 is 0. The van der Waals surface area contributed by atoms with E-state index in [-0.39, 0.29) is 23.2 Å². The number of esters is 1. The fourth-order valence-electron chi connectivity index (χ4n) is 2.27. The number of aromatic nitrogens is 2. The summed E-state index contributed by atoms with van der Waals surface area (Å²) in [6.07, 6.45) is 0. The average Bonchev–Trinajstić information content (AvgIpc) is 2.53. The first-order chi connectivity index (χ1) is 8.97. The van der Waals surface area contributed by atoms with Crippen molar-refractivity contribution in [2.24, 2.45) is 0 Å². The van der Waals surface area contributed by atoms with E-state index in [0.29, 0.717) is 24.6 Å². The number of carbonyl (C=O) groups is 1. The van der Waals surface area contributed by atoms with Crippen molar-refractivity contribution in [2.45, 2.75) is 32.7 Å². The molecule has 0 saturated heterocycles. The molecule has 6 heteroatoms. The van der Waals surface area contributed by atoms with Crippen LogP contribution in [0.1, 0.15) is 47.7 Å². The summed E-state index contributed by atoms with van der Waals surface area (Å²) in [5.74, 6) is -0.0364. The number of nitrogens with zero attached hydrogens (tertiary/aromatic N) is 2. The van der Waals surface area contributed by atoms with Crippen LogP contribution >= 0.6 is 0 Å². The average molecular weight is 266 g/mol. The van der Waals surface area contributed by atoms with E-state index in [0.717, 1.165) is 0 Å². The fraction of sp³-hybridized carbons (Fsp3) is 0.615. The Bertz CT molecular complexity index is 564. The van der Waals surface area contributed by atoms with Crippen LogP contribution in [0.25, 0.3) is 0 Å². The van der Waals surface area contributed by atoms with Crippen molar-refractivity contribution in [2.75, 3.05) is 20.3 Å². The van der Waals surface area contributed by atoms with Crippen molar-refractivity contribution >= 4 is 5.97 Å². The summed E-state index contributed by atoms with van der Waals surface area (Å²) in [6, 6.07) is -0.0923. The number of hydrogen-bond acceptors (Lipinski definition) is 5. The van der Waals surface area contributed by atoms with Crippen LogP contribution < -0.4 is 5.56 Å². The molecule has 0 radical (unpaired) electrons. The second-order valence-corrected chi connectivity index (χ2v) is 4.90. The van der Waals surface area contributed by atoms with Gasteiger partial charge in [-0.15, -0.1) is 0 Å². The van der Waals surface area contributed by atoms with E-state index in [4.69, 9.17) is 4.74 Å². The number of carbonyl (C=O) groups excluding carboxylic acids is 1. The highest BCUT2D eigenvalue weighted by atomic mass is 16.5. The molecule has 6 nitrogen and oxygen atoms in total. The van der Waals surface area contributed by atoms with Crippen LogP contribution in [0.15, 0.2) is 4.79 Å². The molecule has 0 amide bonds. The molecular weight excluding hydrogens is 248 g/mol. The quantitative estimate of drug-likeness (QED) is 0.710. The SMILES string of the molecule is COC(=O)c1nc2n(c(=O)c1C)C(C)COCC2C. The third-order valence-corrected chi connectivity index (χ3v) is 3.36. The number of methoxy groups -OCH3 is 1. The predicted molar refractivity (Wildman–Crippen MR) is 68.5 cm³/mol. The molecule has 0 aliphatic carbocycles. The minimum absolute atomic E-state index is 0.0401. The first-order valence-electron chi connectivity index (χ1n) is 6.26. The van der Waals surface area contributed by atoms with Gasteiger partial charge in [0.15, 0.2) is 5.69 Å². The van der Waals surface area contributed by atoms with E-state index in [1.54, 1.807) is 11.5 Å². The molecule has 2 unspecified atom stereocenters. The fourth-order valence-corrected chi connectivity index (χ4v) is 2.27. The maximum atomic E-state index is 12.4. The molecule has 2 heterocycles. The van der Waals surface area contributed by atoms with Gasteiger partial charge in [-0.05, 0) is 13.8 Å². The van der Waals surface area contributed by atoms with Crippen LogP contribution in [0.4, 0.5) is 0 Å². The van der Waals surface area contributed by atoms with Gasteiger partial charge in [-0.3, -0.25) is 9.36 Å². The zero-order chi connectivity index (χ0) is 14.2. The van der Waals surface area contributed by atoms with Crippen LogP contribution in [0.2, 0.25) is 0 Å². The highest BCUT2D eigenvalue weighted by Gasteiger charge is 2.27. The maximum absolute atomic E-state index is 12.4. The standard InChI is InChI=1S/C13H18N2O4/c1-7-5-19-6-8(2)15-11(7)14-10(13(17)18-4)9(3)12(15)16/h7-8H,5-6H2,1-4H3. The number of fused-ring (bicyclic) bond motifs is 1. The van der Waals surface area contributed by atoms with Gasteiger partial charge in [0.1, 0.15) is 5.82 Å². The lowest BCUT2D eigenvalue weighted by molar-refractivity contribution is 0.0591. The summed E-state index contributed by atoms with van der Waals surface area (Å²) in [4.78, 5) is 28.4. The minimum Gasteiger partial charge on any atom is -0.464 e. The topological polar surface area (TPSA) is 70.4 Å². The van der Waals surface area contributed by atoms with Crippen molar-refractivity contribution in [3.05, 3.63) is 27.4 Å². The van der Waals surface area contributed by atoms with Gasteiger partial charge in [-0.25, -0.2) is 9.78 Å². The van der Waals surface area contributed by atoms with E-state index in [1.807, 2.05) is 13.8 Å². The molecule has 1 aromatic heterocycles. The number of hydrogen-bond donors (Lipinski definition) is 0. The molecule has 2 atom stereocenters. The van der Waals surface area contributed by atoms with Crippen LogP contribution in [0, 0.1) is 6.92 Å². The Balaban J connectivity index is 2.71. The smallest absolute Gasteiger partial charge is 0.357 e. The second kappa shape index (κ2) is 5.13. The van der Waals surface area contributed by atoms with Gasteiger partial charge in [0.2, 0.25) is 0 Å². The van der Waals surface area contributed by atoms with E-state index >= 15 is 0 Å². The Morgan fingerprint density at radius 3 is 2.74 bits per heavy atom. The maximum Gasteiger partial charge on any atom is 0.357 e. The molecule has 0 bridgehead atoms. The molecular formula is C13H18N2O4. The van der Waals surface area contributed by atoms with Gasteiger partial charge in [-0.2, -0.15) is 0 Å². The second-order valence-electron chi connectivity index (χ2n) is 4.90. The Morgan fingerprint density at radius 2 is 2.11 bits per heavy atom. The molecule has 1 aromatic rings. The zero-order valence-electron chi connectivity index (χ0n) is 11.6. The molecule has 19 heavy (non-hydrogen) atoms. The normalized spacial score (nSPS) is 22.5. The molecule has 0 aromatic carbocycles. The highest BCUT2D eigenvalue weighted by molar-refractivity contribution is 5.88. The summed E-state index contributed by atoms with van der Waals surface area (Å²) in [5.41, 5.74) is 0.214. The lowest BCUT2D eigenvalue weighted by atomic mass is 10.1. The van der Waals surface area contributed by atoms with Crippen molar-refractivity contribution < 1.29 is 14.3 Å². The van der Waals surface area contributed by atoms with Crippen LogP contribution in [-0.4, -0.2) is 35.8 Å². The largest absolute Gasteiger partial charge is 0.464 e. The third-order valence-electron chi connectivity index (χ3n) is 3.36. The third kappa shape index (κ3) is 2.28. The Labute approximate surface area is 111 Å². The lowest BCUT2D eigenvalue weighted by Crippen LogP contribution is -2.33. The zero-order valence-corrected chi connectivity index (χ0v) is 11.6. The molecule has 1 aliphatic heterocycles. The van der Waals surface area contributed by atoms with Gasteiger partial charge in [0.25, 0.3) is 5.56 Å². The molecule has 0 spiro atoms.